The number of anilines is 1. The van der Waals surface area contributed by atoms with E-state index in [9.17, 15) is 31.2 Å². The van der Waals surface area contributed by atoms with E-state index in [2.05, 4.69) is 5.32 Å². The lowest BCUT2D eigenvalue weighted by Gasteiger charge is -2.33. The van der Waals surface area contributed by atoms with Crippen LogP contribution in [0.25, 0.3) is 0 Å². The number of halogens is 4. The molecular formula is C31H35ClF3N3O4S. The molecule has 1 N–H and O–H groups in total. The summed E-state index contributed by atoms with van der Waals surface area (Å²) in [5, 5.41) is 2.54. The predicted octanol–water partition coefficient (Wildman–Crippen LogP) is 6.18. The van der Waals surface area contributed by atoms with Crippen molar-refractivity contribution in [2.24, 2.45) is 5.92 Å². The highest BCUT2D eigenvalue weighted by Crippen LogP contribution is 2.37. The summed E-state index contributed by atoms with van der Waals surface area (Å²) in [6.07, 6.45) is -4.22. The molecule has 12 heteroatoms. The zero-order valence-corrected chi connectivity index (χ0v) is 25.7. The fourth-order valence-electron chi connectivity index (χ4n) is 4.43. The summed E-state index contributed by atoms with van der Waals surface area (Å²) in [6, 6.07) is 17.6. The fraction of sp³-hybridized carbons (Fsp3) is 0.355. The van der Waals surface area contributed by atoms with Crippen molar-refractivity contribution >= 4 is 39.1 Å². The Balaban J connectivity index is 2.09. The Bertz CT molecular complexity index is 1490. The second kappa shape index (κ2) is 14.7. The molecule has 43 heavy (non-hydrogen) atoms. The number of carbonyl (C=O) groups is 2. The molecule has 7 nitrogen and oxygen atoms in total. The van der Waals surface area contributed by atoms with Gasteiger partial charge in [0.15, 0.2) is 0 Å². The van der Waals surface area contributed by atoms with Gasteiger partial charge in [-0.25, -0.2) is 8.42 Å². The molecule has 0 aliphatic rings. The summed E-state index contributed by atoms with van der Waals surface area (Å²) in [5.41, 5.74) is -0.755. The van der Waals surface area contributed by atoms with E-state index in [-0.39, 0.29) is 28.8 Å². The molecule has 232 valence electrons. The Labute approximate surface area is 255 Å². The second-order valence-electron chi connectivity index (χ2n) is 10.4. The van der Waals surface area contributed by atoms with Gasteiger partial charge >= 0.3 is 6.18 Å². The van der Waals surface area contributed by atoms with Crippen LogP contribution in [0.4, 0.5) is 18.9 Å². The zero-order valence-electron chi connectivity index (χ0n) is 24.1. The Hall–Kier alpha value is -3.57. The third-order valence-corrected chi connectivity index (χ3v) is 8.80. The normalized spacial score (nSPS) is 12.6. The molecule has 3 aromatic carbocycles. The number of benzene rings is 3. The van der Waals surface area contributed by atoms with Gasteiger partial charge in [0.05, 0.1) is 21.2 Å². The summed E-state index contributed by atoms with van der Waals surface area (Å²) in [7, 11) is -4.58. The predicted molar refractivity (Wildman–Crippen MR) is 161 cm³/mol. The van der Waals surface area contributed by atoms with Gasteiger partial charge in [0, 0.05) is 13.1 Å². The van der Waals surface area contributed by atoms with Crippen molar-refractivity contribution in [3.63, 3.8) is 0 Å². The van der Waals surface area contributed by atoms with Gasteiger partial charge in [-0.2, -0.15) is 13.2 Å². The number of hydrogen-bond donors (Lipinski definition) is 1. The number of nitrogens with one attached hydrogen (secondary N) is 1. The summed E-state index contributed by atoms with van der Waals surface area (Å²) in [6.45, 7) is 5.11. The van der Waals surface area contributed by atoms with Crippen LogP contribution >= 0.6 is 11.6 Å². The van der Waals surface area contributed by atoms with Crippen LogP contribution in [-0.2, 0) is 32.2 Å². The van der Waals surface area contributed by atoms with Gasteiger partial charge in [-0.15, -0.1) is 0 Å². The monoisotopic (exact) mass is 637 g/mol. The van der Waals surface area contributed by atoms with Crippen LogP contribution in [0.2, 0.25) is 5.02 Å². The molecule has 0 heterocycles. The topological polar surface area (TPSA) is 86.8 Å². The molecular weight excluding hydrogens is 603 g/mol. The molecule has 0 aliphatic carbocycles. The molecule has 0 aliphatic heterocycles. The number of rotatable bonds is 13. The molecule has 3 rings (SSSR count). The Kier molecular flexibility index (Phi) is 11.6. The smallest absolute Gasteiger partial charge is 0.354 e. The van der Waals surface area contributed by atoms with E-state index in [0.717, 1.165) is 17.7 Å². The lowest BCUT2D eigenvalue weighted by molar-refractivity contribution is -0.139. The molecule has 0 bridgehead atoms. The Morgan fingerprint density at radius 3 is 2.12 bits per heavy atom. The van der Waals surface area contributed by atoms with Crippen molar-refractivity contribution in [2.75, 3.05) is 23.9 Å². The molecule has 0 radical (unpaired) electrons. The quantitative estimate of drug-likeness (QED) is 0.243. The molecule has 0 spiro atoms. The average molecular weight is 638 g/mol. The summed E-state index contributed by atoms with van der Waals surface area (Å²) in [4.78, 5) is 28.3. The van der Waals surface area contributed by atoms with E-state index in [4.69, 9.17) is 11.6 Å². The SMILES string of the molecule is CC[C@H](C(=O)NCC(C)C)N(CCc1ccccc1)C(=O)CN(c1cc(C(F)(F)F)ccc1Cl)S(=O)(=O)c1ccccc1. The number of hydrogen-bond acceptors (Lipinski definition) is 4. The highest BCUT2D eigenvalue weighted by atomic mass is 35.5. The maximum Gasteiger partial charge on any atom is 0.416 e. The van der Waals surface area contributed by atoms with Crippen molar-refractivity contribution in [3.8, 4) is 0 Å². The Morgan fingerprint density at radius 2 is 1.56 bits per heavy atom. The van der Waals surface area contributed by atoms with Crippen molar-refractivity contribution in [1.29, 1.82) is 0 Å². The van der Waals surface area contributed by atoms with Gasteiger partial charge < -0.3 is 10.2 Å². The van der Waals surface area contributed by atoms with Crippen molar-refractivity contribution in [3.05, 3.63) is 95.0 Å². The first-order chi connectivity index (χ1) is 20.3. The van der Waals surface area contributed by atoms with Gasteiger partial charge in [0.2, 0.25) is 11.8 Å². The number of alkyl halides is 3. The van der Waals surface area contributed by atoms with Gasteiger partial charge in [0.25, 0.3) is 10.0 Å². The number of nitrogens with zero attached hydrogens (tertiary/aromatic N) is 2. The van der Waals surface area contributed by atoms with Gasteiger partial charge in [-0.1, -0.05) is 80.9 Å². The van der Waals surface area contributed by atoms with Crippen LogP contribution in [0.5, 0.6) is 0 Å². The van der Waals surface area contributed by atoms with E-state index in [0.29, 0.717) is 23.3 Å². The highest BCUT2D eigenvalue weighted by molar-refractivity contribution is 7.92. The fourth-order valence-corrected chi connectivity index (χ4v) is 6.15. The highest BCUT2D eigenvalue weighted by Gasteiger charge is 2.36. The third kappa shape index (κ3) is 8.96. The second-order valence-corrected chi connectivity index (χ2v) is 12.6. The Morgan fingerprint density at radius 1 is 0.953 bits per heavy atom. The minimum absolute atomic E-state index is 0.0615. The summed E-state index contributed by atoms with van der Waals surface area (Å²) in [5.74, 6) is -1.04. The molecule has 0 aromatic heterocycles. The average Bonchev–Trinajstić information content (AvgIpc) is 2.97. The van der Waals surface area contributed by atoms with E-state index < -0.39 is 51.9 Å². The van der Waals surface area contributed by atoms with Crippen molar-refractivity contribution in [2.45, 2.75) is 50.7 Å². The third-order valence-electron chi connectivity index (χ3n) is 6.71. The maximum atomic E-state index is 14.0. The molecule has 0 unspecified atom stereocenters. The lowest BCUT2D eigenvalue weighted by atomic mass is 10.1. The molecule has 0 saturated carbocycles. The minimum Gasteiger partial charge on any atom is -0.354 e. The largest absolute Gasteiger partial charge is 0.416 e. The van der Waals surface area contributed by atoms with Gasteiger partial charge in [0.1, 0.15) is 12.6 Å². The maximum absolute atomic E-state index is 14.0. The van der Waals surface area contributed by atoms with Crippen LogP contribution in [0, 0.1) is 5.92 Å². The van der Waals surface area contributed by atoms with Crippen molar-refractivity contribution < 1.29 is 31.2 Å². The van der Waals surface area contributed by atoms with Crippen LogP contribution < -0.4 is 9.62 Å². The first kappa shape index (κ1) is 33.9. The summed E-state index contributed by atoms with van der Waals surface area (Å²) < 4.78 is 69.3. The number of amides is 2. The number of carbonyl (C=O) groups excluding carboxylic acids is 2. The first-order valence-electron chi connectivity index (χ1n) is 13.8. The lowest BCUT2D eigenvalue weighted by Crippen LogP contribution is -2.53. The van der Waals surface area contributed by atoms with Crippen molar-refractivity contribution in [1.82, 2.24) is 10.2 Å². The van der Waals surface area contributed by atoms with Gasteiger partial charge in [-0.3, -0.25) is 13.9 Å². The van der Waals surface area contributed by atoms with E-state index in [1.54, 1.807) is 13.0 Å². The summed E-state index contributed by atoms with van der Waals surface area (Å²) >= 11 is 6.29. The standard InChI is InChI=1S/C31H35ClF3N3O4S/c1-4-27(30(40)36-20-22(2)3)37(18-17-23-11-7-5-8-12-23)29(39)21-38(43(41,42)25-13-9-6-10-14-25)28-19-24(31(33,34)35)15-16-26(28)32/h5-16,19,22,27H,4,17-18,20-21H2,1-3H3,(H,36,40)/t27-/m1/s1. The first-order valence-corrected chi connectivity index (χ1v) is 15.6. The van der Waals surface area contributed by atoms with Crippen LogP contribution in [0.3, 0.4) is 0 Å². The van der Waals surface area contributed by atoms with Crippen LogP contribution in [-0.4, -0.2) is 50.8 Å². The molecule has 0 saturated heterocycles. The molecule has 0 fully saturated rings. The van der Waals surface area contributed by atoms with E-state index in [1.807, 2.05) is 44.2 Å². The van der Waals surface area contributed by atoms with E-state index in [1.165, 1.54) is 29.2 Å². The minimum atomic E-state index is -4.80. The molecule has 2 amide bonds. The molecule has 1 atom stereocenters. The van der Waals surface area contributed by atoms with Gasteiger partial charge in [-0.05, 0) is 54.7 Å². The van der Waals surface area contributed by atoms with E-state index >= 15 is 0 Å². The molecule has 3 aromatic rings. The van der Waals surface area contributed by atoms with Crippen LogP contribution in [0.15, 0.2) is 83.8 Å². The van der Waals surface area contributed by atoms with Crippen LogP contribution in [0.1, 0.15) is 38.3 Å². The zero-order chi connectivity index (χ0) is 31.8. The number of sulfonamides is 1.